The third kappa shape index (κ3) is 3.09. The molecule has 4 heteroatoms. The van der Waals surface area contributed by atoms with Crippen molar-refractivity contribution in [3.8, 4) is 0 Å². The molecule has 1 aliphatic heterocycles. The van der Waals surface area contributed by atoms with Gasteiger partial charge in [-0.25, -0.2) is 4.39 Å². The van der Waals surface area contributed by atoms with Crippen LogP contribution < -0.4 is 4.90 Å². The minimum Gasteiger partial charge on any atom is -0.371 e. The van der Waals surface area contributed by atoms with Crippen LogP contribution in [0.25, 0.3) is 0 Å². The van der Waals surface area contributed by atoms with E-state index >= 15 is 0 Å². The SMILES string of the molecule is CN(Cc1ccccc1N1CCCC1)C(=O)C1(c2ccc(F)cc2)CC1. The smallest absolute Gasteiger partial charge is 0.233 e. The van der Waals surface area contributed by atoms with Gasteiger partial charge in [-0.3, -0.25) is 4.79 Å². The number of anilines is 1. The summed E-state index contributed by atoms with van der Waals surface area (Å²) >= 11 is 0. The summed E-state index contributed by atoms with van der Waals surface area (Å²) in [6, 6.07) is 14.8. The standard InChI is InChI=1S/C22H25FN2O/c1-24(16-17-6-2-3-7-20(17)25-14-4-5-15-25)21(26)22(12-13-22)18-8-10-19(23)11-9-18/h2-3,6-11H,4-5,12-16H2,1H3. The van der Waals surface area contributed by atoms with E-state index < -0.39 is 5.41 Å². The molecule has 3 nitrogen and oxygen atoms in total. The Hall–Kier alpha value is -2.36. The van der Waals surface area contributed by atoms with Crippen LogP contribution in [0.4, 0.5) is 10.1 Å². The van der Waals surface area contributed by atoms with Crippen LogP contribution in [0.1, 0.15) is 36.8 Å². The van der Waals surface area contributed by atoms with Gasteiger partial charge in [-0.15, -0.1) is 0 Å². The number of benzene rings is 2. The molecule has 0 aromatic heterocycles. The van der Waals surface area contributed by atoms with Gasteiger partial charge in [0.15, 0.2) is 0 Å². The monoisotopic (exact) mass is 352 g/mol. The van der Waals surface area contributed by atoms with Crippen molar-refractivity contribution in [1.29, 1.82) is 0 Å². The summed E-state index contributed by atoms with van der Waals surface area (Å²) in [5.41, 5.74) is 2.92. The Morgan fingerprint density at radius 3 is 2.38 bits per heavy atom. The number of rotatable bonds is 5. The van der Waals surface area contributed by atoms with Crippen LogP contribution in [-0.4, -0.2) is 30.9 Å². The van der Waals surface area contributed by atoms with E-state index in [1.165, 1.54) is 36.2 Å². The molecule has 0 radical (unpaired) electrons. The van der Waals surface area contributed by atoms with Gasteiger partial charge in [-0.05, 0) is 55.0 Å². The number of nitrogens with zero attached hydrogens (tertiary/aromatic N) is 2. The molecule has 0 atom stereocenters. The van der Waals surface area contributed by atoms with Crippen LogP contribution in [0.15, 0.2) is 48.5 Å². The van der Waals surface area contributed by atoms with E-state index in [9.17, 15) is 9.18 Å². The maximum atomic E-state index is 13.2. The lowest BCUT2D eigenvalue weighted by Gasteiger charge is -2.27. The Morgan fingerprint density at radius 2 is 1.73 bits per heavy atom. The predicted octanol–water partition coefficient (Wildman–Crippen LogP) is 4.12. The number of halogens is 1. The number of likely N-dealkylation sites (N-methyl/N-ethyl adjacent to an activating group) is 1. The van der Waals surface area contributed by atoms with Gasteiger partial charge in [0.1, 0.15) is 5.82 Å². The molecule has 4 rings (SSSR count). The first-order valence-corrected chi connectivity index (χ1v) is 9.45. The zero-order valence-electron chi connectivity index (χ0n) is 15.2. The summed E-state index contributed by atoms with van der Waals surface area (Å²) in [4.78, 5) is 17.4. The second-order valence-electron chi connectivity index (χ2n) is 7.57. The fourth-order valence-electron chi connectivity index (χ4n) is 4.12. The maximum Gasteiger partial charge on any atom is 0.233 e. The minimum atomic E-state index is -0.453. The van der Waals surface area contributed by atoms with E-state index in [1.54, 1.807) is 12.1 Å². The van der Waals surface area contributed by atoms with E-state index in [-0.39, 0.29) is 11.7 Å². The molecule has 1 saturated heterocycles. The Bertz CT molecular complexity index is 792. The average Bonchev–Trinajstić information content (AvgIpc) is 3.28. The number of hydrogen-bond donors (Lipinski definition) is 0. The van der Waals surface area contributed by atoms with Crippen LogP contribution in [0.2, 0.25) is 0 Å². The molecule has 1 amide bonds. The molecular weight excluding hydrogens is 327 g/mol. The highest BCUT2D eigenvalue weighted by molar-refractivity contribution is 5.91. The normalized spacial score (nSPS) is 18.0. The molecule has 0 bridgehead atoms. The zero-order valence-corrected chi connectivity index (χ0v) is 15.2. The molecule has 2 aromatic rings. The second-order valence-corrected chi connectivity index (χ2v) is 7.57. The van der Waals surface area contributed by atoms with Crippen molar-refractivity contribution in [2.45, 2.75) is 37.6 Å². The number of amides is 1. The van der Waals surface area contributed by atoms with Crippen LogP contribution in [0.5, 0.6) is 0 Å². The molecule has 2 aromatic carbocycles. The predicted molar refractivity (Wildman–Crippen MR) is 102 cm³/mol. The highest BCUT2D eigenvalue weighted by atomic mass is 19.1. The first-order valence-electron chi connectivity index (χ1n) is 9.45. The summed E-state index contributed by atoms with van der Waals surface area (Å²) in [6.07, 6.45) is 4.15. The minimum absolute atomic E-state index is 0.139. The highest BCUT2D eigenvalue weighted by Gasteiger charge is 2.52. The molecule has 2 aliphatic rings. The third-order valence-corrected chi connectivity index (χ3v) is 5.75. The highest BCUT2D eigenvalue weighted by Crippen LogP contribution is 2.49. The lowest BCUT2D eigenvalue weighted by Crippen LogP contribution is -2.36. The van der Waals surface area contributed by atoms with Gasteiger partial charge < -0.3 is 9.80 Å². The molecule has 1 heterocycles. The van der Waals surface area contributed by atoms with Gasteiger partial charge in [0, 0.05) is 32.4 Å². The van der Waals surface area contributed by atoms with Crippen molar-refractivity contribution in [2.24, 2.45) is 0 Å². The first kappa shape index (κ1) is 17.1. The molecule has 2 fully saturated rings. The van der Waals surface area contributed by atoms with Gasteiger partial charge in [0.05, 0.1) is 5.41 Å². The molecule has 136 valence electrons. The molecule has 1 saturated carbocycles. The summed E-state index contributed by atoms with van der Waals surface area (Å²) < 4.78 is 13.2. The largest absolute Gasteiger partial charge is 0.371 e. The van der Waals surface area contributed by atoms with Crippen molar-refractivity contribution in [2.75, 3.05) is 25.0 Å². The summed E-state index contributed by atoms with van der Waals surface area (Å²) in [5.74, 6) is -0.120. The van der Waals surface area contributed by atoms with E-state index in [1.807, 2.05) is 18.0 Å². The van der Waals surface area contributed by atoms with Crippen LogP contribution in [0, 0.1) is 5.82 Å². The van der Waals surface area contributed by atoms with Crippen molar-refractivity contribution >= 4 is 11.6 Å². The molecule has 0 unspecified atom stereocenters. The lowest BCUT2D eigenvalue weighted by molar-refractivity contribution is -0.133. The Morgan fingerprint density at radius 1 is 1.08 bits per heavy atom. The van der Waals surface area contributed by atoms with E-state index in [2.05, 4.69) is 23.1 Å². The average molecular weight is 352 g/mol. The molecule has 26 heavy (non-hydrogen) atoms. The fraction of sp³-hybridized carbons (Fsp3) is 0.409. The van der Waals surface area contributed by atoms with Crippen molar-refractivity contribution in [1.82, 2.24) is 4.90 Å². The third-order valence-electron chi connectivity index (χ3n) is 5.75. The first-order chi connectivity index (χ1) is 12.6. The van der Waals surface area contributed by atoms with Crippen LogP contribution in [-0.2, 0) is 16.8 Å². The molecule has 1 aliphatic carbocycles. The molecule has 0 N–H and O–H groups in total. The molecular formula is C22H25FN2O. The number of hydrogen-bond acceptors (Lipinski definition) is 2. The van der Waals surface area contributed by atoms with E-state index in [4.69, 9.17) is 0 Å². The Labute approximate surface area is 154 Å². The zero-order chi connectivity index (χ0) is 18.1. The van der Waals surface area contributed by atoms with Gasteiger partial charge in [-0.2, -0.15) is 0 Å². The topological polar surface area (TPSA) is 23.6 Å². The molecule has 0 spiro atoms. The van der Waals surface area contributed by atoms with Crippen molar-refractivity contribution < 1.29 is 9.18 Å². The quantitative estimate of drug-likeness (QED) is 0.808. The Kier molecular flexibility index (Phi) is 4.43. The van der Waals surface area contributed by atoms with Crippen molar-refractivity contribution in [3.05, 3.63) is 65.5 Å². The van der Waals surface area contributed by atoms with Gasteiger partial charge in [0.25, 0.3) is 0 Å². The summed E-state index contributed by atoms with van der Waals surface area (Å²) in [5, 5.41) is 0. The van der Waals surface area contributed by atoms with Gasteiger partial charge in [-0.1, -0.05) is 30.3 Å². The van der Waals surface area contributed by atoms with Crippen molar-refractivity contribution in [3.63, 3.8) is 0 Å². The fourth-order valence-corrected chi connectivity index (χ4v) is 4.12. The second kappa shape index (κ2) is 6.75. The van der Waals surface area contributed by atoms with E-state index in [0.29, 0.717) is 6.54 Å². The van der Waals surface area contributed by atoms with Crippen LogP contribution >= 0.6 is 0 Å². The maximum absolute atomic E-state index is 13.2. The van der Waals surface area contributed by atoms with Crippen LogP contribution in [0.3, 0.4) is 0 Å². The summed E-state index contributed by atoms with van der Waals surface area (Å²) in [7, 11) is 1.88. The lowest BCUT2D eigenvalue weighted by atomic mass is 9.94. The Balaban J connectivity index is 1.53. The summed E-state index contributed by atoms with van der Waals surface area (Å²) in [6.45, 7) is 2.79. The van der Waals surface area contributed by atoms with Gasteiger partial charge >= 0.3 is 0 Å². The number of para-hydroxylation sites is 1. The van der Waals surface area contributed by atoms with Gasteiger partial charge in [0.2, 0.25) is 5.91 Å². The van der Waals surface area contributed by atoms with E-state index in [0.717, 1.165) is 31.5 Å². The number of carbonyl (C=O) groups is 1. The number of carbonyl (C=O) groups excluding carboxylic acids is 1.